The minimum absolute atomic E-state index is 0.0652. The molecule has 0 fully saturated rings. The normalized spacial score (nSPS) is 10.6. The third kappa shape index (κ3) is 5.51. The molecule has 0 saturated carbocycles. The van der Waals surface area contributed by atoms with Crippen LogP contribution in [0.1, 0.15) is 17.0 Å². The van der Waals surface area contributed by atoms with Gasteiger partial charge in [0.25, 0.3) is 0 Å². The molecule has 0 atom stereocenters. The molecule has 2 aromatic carbocycles. The minimum atomic E-state index is -0.0652. The van der Waals surface area contributed by atoms with Gasteiger partial charge < -0.3 is 19.9 Å². The molecule has 0 bridgehead atoms. The van der Waals surface area contributed by atoms with E-state index in [4.69, 9.17) is 4.74 Å². The lowest BCUT2D eigenvalue weighted by Gasteiger charge is -2.09. The Morgan fingerprint density at radius 1 is 1.14 bits per heavy atom. The van der Waals surface area contributed by atoms with Gasteiger partial charge in [-0.2, -0.15) is 0 Å². The van der Waals surface area contributed by atoms with Crippen molar-refractivity contribution in [1.82, 2.24) is 14.8 Å². The van der Waals surface area contributed by atoms with E-state index in [1.165, 1.54) is 11.8 Å². The van der Waals surface area contributed by atoms with Gasteiger partial charge in [0.05, 0.1) is 19.4 Å². The Morgan fingerprint density at radius 3 is 2.62 bits per heavy atom. The molecule has 7 nitrogen and oxygen atoms in total. The maximum absolute atomic E-state index is 12.3. The summed E-state index contributed by atoms with van der Waals surface area (Å²) >= 11 is 1.36. The molecule has 8 heteroatoms. The number of amides is 1. The van der Waals surface area contributed by atoms with Gasteiger partial charge in [-0.25, -0.2) is 0 Å². The number of aryl methyl sites for hydroxylation is 2. The Balaban J connectivity index is 1.53. The van der Waals surface area contributed by atoms with Crippen molar-refractivity contribution in [1.29, 1.82) is 0 Å². The average Bonchev–Trinajstić information content (AvgIpc) is 3.07. The topological polar surface area (TPSA) is 81.1 Å². The molecule has 152 valence electrons. The number of rotatable bonds is 8. The lowest BCUT2D eigenvalue weighted by molar-refractivity contribution is -0.113. The van der Waals surface area contributed by atoms with E-state index in [1.54, 1.807) is 7.11 Å². The van der Waals surface area contributed by atoms with Gasteiger partial charge in [0.15, 0.2) is 11.0 Å². The van der Waals surface area contributed by atoms with E-state index in [2.05, 4.69) is 20.8 Å². The van der Waals surface area contributed by atoms with Crippen molar-refractivity contribution in [2.24, 2.45) is 7.05 Å². The Hall–Kier alpha value is -3.00. The van der Waals surface area contributed by atoms with Gasteiger partial charge in [-0.15, -0.1) is 10.2 Å². The molecule has 2 N–H and O–H groups in total. The number of hydrogen-bond donors (Lipinski definition) is 2. The van der Waals surface area contributed by atoms with E-state index >= 15 is 0 Å². The molecular weight excluding hydrogens is 386 g/mol. The summed E-state index contributed by atoms with van der Waals surface area (Å²) in [4.78, 5) is 12.3. The van der Waals surface area contributed by atoms with Crippen LogP contribution >= 0.6 is 11.8 Å². The summed E-state index contributed by atoms with van der Waals surface area (Å²) in [6, 6.07) is 13.7. The van der Waals surface area contributed by atoms with Crippen LogP contribution in [-0.4, -0.2) is 33.5 Å². The van der Waals surface area contributed by atoms with Crippen LogP contribution in [0.15, 0.2) is 47.6 Å². The third-order valence-corrected chi connectivity index (χ3v) is 5.49. The number of methoxy groups -OCH3 is 1. The molecule has 1 aromatic heterocycles. The molecule has 0 spiro atoms. The predicted octanol–water partition coefficient (Wildman–Crippen LogP) is 3.78. The van der Waals surface area contributed by atoms with E-state index < -0.39 is 0 Å². The van der Waals surface area contributed by atoms with Crippen LogP contribution < -0.4 is 15.4 Å². The van der Waals surface area contributed by atoms with Crippen molar-refractivity contribution >= 4 is 29.0 Å². The monoisotopic (exact) mass is 411 g/mol. The summed E-state index contributed by atoms with van der Waals surface area (Å²) < 4.78 is 7.06. The van der Waals surface area contributed by atoms with Crippen LogP contribution in [-0.2, 0) is 18.4 Å². The van der Waals surface area contributed by atoms with Crippen LogP contribution in [0, 0.1) is 13.8 Å². The van der Waals surface area contributed by atoms with E-state index in [1.807, 2.05) is 67.9 Å². The van der Waals surface area contributed by atoms with Crippen LogP contribution in [0.2, 0.25) is 0 Å². The Morgan fingerprint density at radius 2 is 1.90 bits per heavy atom. The molecular formula is C21H25N5O2S. The van der Waals surface area contributed by atoms with Gasteiger partial charge >= 0.3 is 0 Å². The number of anilines is 2. The first-order chi connectivity index (χ1) is 14.0. The van der Waals surface area contributed by atoms with Crippen molar-refractivity contribution in [3.63, 3.8) is 0 Å². The van der Waals surface area contributed by atoms with E-state index in [0.29, 0.717) is 11.7 Å². The quantitative estimate of drug-likeness (QED) is 0.549. The molecule has 0 aliphatic heterocycles. The minimum Gasteiger partial charge on any atom is -0.497 e. The summed E-state index contributed by atoms with van der Waals surface area (Å²) in [5.41, 5.74) is 3.97. The Kier molecular flexibility index (Phi) is 6.77. The lowest BCUT2D eigenvalue weighted by Crippen LogP contribution is -2.15. The van der Waals surface area contributed by atoms with E-state index in [-0.39, 0.29) is 11.7 Å². The van der Waals surface area contributed by atoms with Gasteiger partial charge in [0, 0.05) is 18.4 Å². The van der Waals surface area contributed by atoms with E-state index in [0.717, 1.165) is 34.1 Å². The number of benzene rings is 2. The van der Waals surface area contributed by atoms with Crippen LogP contribution in [0.25, 0.3) is 0 Å². The SMILES string of the molecule is COc1ccc(NCc2nnc(SCC(=O)Nc3cc(C)ccc3C)n2C)cc1. The number of carbonyl (C=O) groups excluding carboxylic acids is 1. The molecule has 1 amide bonds. The number of ether oxygens (including phenoxy) is 1. The fraction of sp³-hybridized carbons (Fsp3) is 0.286. The van der Waals surface area contributed by atoms with Gasteiger partial charge in [0.1, 0.15) is 5.75 Å². The molecule has 0 aliphatic rings. The Labute approximate surface area is 174 Å². The van der Waals surface area contributed by atoms with Crippen LogP contribution in [0.3, 0.4) is 0 Å². The third-order valence-electron chi connectivity index (χ3n) is 4.47. The standard InChI is InChI=1S/C21H25N5O2S/c1-14-5-6-15(2)18(11-14)23-20(27)13-29-21-25-24-19(26(21)3)12-22-16-7-9-17(28-4)10-8-16/h5-11,22H,12-13H2,1-4H3,(H,23,27). The molecule has 0 radical (unpaired) electrons. The Bertz CT molecular complexity index is 985. The van der Waals surface area contributed by atoms with Crippen LogP contribution in [0.5, 0.6) is 5.75 Å². The highest BCUT2D eigenvalue weighted by atomic mass is 32.2. The fourth-order valence-corrected chi connectivity index (χ4v) is 3.43. The second kappa shape index (κ2) is 9.47. The summed E-state index contributed by atoms with van der Waals surface area (Å²) in [6.07, 6.45) is 0. The van der Waals surface area contributed by atoms with Crippen molar-refractivity contribution in [3.8, 4) is 5.75 Å². The maximum atomic E-state index is 12.3. The number of aromatic nitrogens is 3. The molecule has 0 unspecified atom stereocenters. The van der Waals surface area contributed by atoms with Gasteiger partial charge in [0.2, 0.25) is 5.91 Å². The molecule has 0 aliphatic carbocycles. The smallest absolute Gasteiger partial charge is 0.234 e. The zero-order valence-electron chi connectivity index (χ0n) is 17.0. The zero-order valence-corrected chi connectivity index (χ0v) is 17.8. The molecule has 0 saturated heterocycles. The fourth-order valence-electron chi connectivity index (χ4n) is 2.70. The van der Waals surface area contributed by atoms with Crippen molar-refractivity contribution in [2.45, 2.75) is 25.5 Å². The molecule has 29 heavy (non-hydrogen) atoms. The summed E-state index contributed by atoms with van der Waals surface area (Å²) in [7, 11) is 3.54. The molecule has 3 aromatic rings. The number of nitrogens with zero attached hydrogens (tertiary/aromatic N) is 3. The summed E-state index contributed by atoms with van der Waals surface area (Å²) in [5, 5.41) is 15.4. The number of thioether (sulfide) groups is 1. The maximum Gasteiger partial charge on any atom is 0.234 e. The predicted molar refractivity (Wildman–Crippen MR) is 117 cm³/mol. The van der Waals surface area contributed by atoms with E-state index in [9.17, 15) is 4.79 Å². The van der Waals surface area contributed by atoms with Crippen molar-refractivity contribution in [3.05, 3.63) is 59.4 Å². The first kappa shape index (κ1) is 20.7. The van der Waals surface area contributed by atoms with Crippen molar-refractivity contribution < 1.29 is 9.53 Å². The molecule has 3 rings (SSSR count). The number of nitrogens with one attached hydrogen (secondary N) is 2. The second-order valence-corrected chi connectivity index (χ2v) is 7.64. The van der Waals surface area contributed by atoms with Crippen molar-refractivity contribution in [2.75, 3.05) is 23.5 Å². The average molecular weight is 412 g/mol. The second-order valence-electron chi connectivity index (χ2n) is 6.70. The summed E-state index contributed by atoms with van der Waals surface area (Å²) in [5.74, 6) is 1.81. The highest BCUT2D eigenvalue weighted by Crippen LogP contribution is 2.20. The first-order valence-corrected chi connectivity index (χ1v) is 10.2. The highest BCUT2D eigenvalue weighted by molar-refractivity contribution is 7.99. The molecule has 1 heterocycles. The largest absolute Gasteiger partial charge is 0.497 e. The van der Waals surface area contributed by atoms with Crippen LogP contribution in [0.4, 0.5) is 11.4 Å². The number of hydrogen-bond acceptors (Lipinski definition) is 6. The summed E-state index contributed by atoms with van der Waals surface area (Å²) in [6.45, 7) is 4.52. The van der Waals surface area contributed by atoms with Gasteiger partial charge in [-0.1, -0.05) is 23.9 Å². The highest BCUT2D eigenvalue weighted by Gasteiger charge is 2.12. The first-order valence-electron chi connectivity index (χ1n) is 9.22. The zero-order chi connectivity index (χ0) is 20.8. The van der Waals surface area contributed by atoms with Gasteiger partial charge in [-0.05, 0) is 55.3 Å². The number of carbonyl (C=O) groups is 1. The van der Waals surface area contributed by atoms with Gasteiger partial charge in [-0.3, -0.25) is 4.79 Å². The lowest BCUT2D eigenvalue weighted by atomic mass is 10.1.